The van der Waals surface area contributed by atoms with Crippen LogP contribution < -0.4 is 10.2 Å². The molecule has 1 aliphatic heterocycles. The van der Waals surface area contributed by atoms with Crippen LogP contribution in [0.3, 0.4) is 0 Å². The molecule has 0 saturated carbocycles. The average molecular weight is 349 g/mol. The van der Waals surface area contributed by atoms with E-state index < -0.39 is 6.04 Å². The molecule has 0 spiro atoms. The second-order valence-corrected chi connectivity index (χ2v) is 6.17. The summed E-state index contributed by atoms with van der Waals surface area (Å²) in [6.07, 6.45) is 0. The van der Waals surface area contributed by atoms with Crippen LogP contribution in [0.25, 0.3) is 11.0 Å². The Hall–Kier alpha value is -3.08. The zero-order valence-corrected chi connectivity index (χ0v) is 14.7. The summed E-state index contributed by atoms with van der Waals surface area (Å²) >= 11 is 0. The Balaban J connectivity index is 1.97. The van der Waals surface area contributed by atoms with E-state index >= 15 is 0 Å². The van der Waals surface area contributed by atoms with Crippen molar-refractivity contribution in [3.8, 4) is 5.75 Å². The highest BCUT2D eigenvalue weighted by molar-refractivity contribution is 5.99. The second kappa shape index (κ2) is 6.33. The Morgan fingerprint density at radius 2 is 1.88 bits per heavy atom. The van der Waals surface area contributed by atoms with Gasteiger partial charge in [0.05, 0.1) is 23.6 Å². The first-order chi connectivity index (χ1) is 12.7. The summed E-state index contributed by atoms with van der Waals surface area (Å²) in [7, 11) is 0. The Kier molecular flexibility index (Phi) is 3.99. The van der Waals surface area contributed by atoms with Crippen molar-refractivity contribution in [3.63, 3.8) is 0 Å². The predicted molar refractivity (Wildman–Crippen MR) is 98.6 cm³/mol. The zero-order valence-electron chi connectivity index (χ0n) is 14.7. The van der Waals surface area contributed by atoms with Crippen LogP contribution in [0.1, 0.15) is 41.6 Å². The Labute approximate surface area is 150 Å². The first-order valence-electron chi connectivity index (χ1n) is 8.75. The fourth-order valence-electron chi connectivity index (χ4n) is 3.58. The predicted octanol–water partition coefficient (Wildman–Crippen LogP) is 3.76. The topological polar surface area (TPSA) is 59.8 Å². The number of amides is 1. The van der Waals surface area contributed by atoms with Crippen LogP contribution in [0, 0.1) is 0 Å². The highest BCUT2D eigenvalue weighted by Gasteiger charge is 2.41. The molecule has 1 unspecified atom stereocenters. The van der Waals surface area contributed by atoms with Crippen LogP contribution in [0.5, 0.6) is 5.75 Å². The molecule has 0 bridgehead atoms. The Morgan fingerprint density at radius 1 is 1.08 bits per heavy atom. The van der Waals surface area contributed by atoms with Gasteiger partial charge in [-0.15, -0.1) is 0 Å². The molecule has 1 aliphatic rings. The van der Waals surface area contributed by atoms with Gasteiger partial charge in [0.1, 0.15) is 11.3 Å². The van der Waals surface area contributed by atoms with Crippen LogP contribution >= 0.6 is 0 Å². The summed E-state index contributed by atoms with van der Waals surface area (Å²) in [6.45, 7) is 4.84. The van der Waals surface area contributed by atoms with E-state index in [1.54, 1.807) is 29.2 Å². The number of ether oxygens (including phenoxy) is 1. The van der Waals surface area contributed by atoms with Crippen LogP contribution in [-0.4, -0.2) is 24.0 Å². The first-order valence-corrected chi connectivity index (χ1v) is 8.75. The van der Waals surface area contributed by atoms with E-state index in [1.807, 2.05) is 38.1 Å². The van der Waals surface area contributed by atoms with Gasteiger partial charge in [-0.25, -0.2) is 0 Å². The maximum atomic E-state index is 13.2. The number of fused-ring (bicyclic) bond motifs is 2. The maximum Gasteiger partial charge on any atom is 0.290 e. The molecule has 0 aliphatic carbocycles. The molecule has 2 aromatic carbocycles. The van der Waals surface area contributed by atoms with Crippen molar-refractivity contribution in [2.75, 3.05) is 13.2 Å². The molecule has 5 nitrogen and oxygen atoms in total. The lowest BCUT2D eigenvalue weighted by Gasteiger charge is -2.23. The molecule has 3 aromatic rings. The molecule has 1 aromatic heterocycles. The fraction of sp³-hybridized carbons (Fsp3) is 0.238. The minimum atomic E-state index is -0.469. The zero-order chi connectivity index (χ0) is 18.3. The van der Waals surface area contributed by atoms with E-state index in [1.165, 1.54) is 0 Å². The van der Waals surface area contributed by atoms with E-state index in [0.717, 1.165) is 5.56 Å². The lowest BCUT2D eigenvalue weighted by atomic mass is 9.98. The highest BCUT2D eigenvalue weighted by Crippen LogP contribution is 2.38. The third-order valence-corrected chi connectivity index (χ3v) is 4.70. The third kappa shape index (κ3) is 2.39. The van der Waals surface area contributed by atoms with Crippen molar-refractivity contribution in [2.45, 2.75) is 19.9 Å². The summed E-state index contributed by atoms with van der Waals surface area (Å²) < 4.78 is 11.4. The highest BCUT2D eigenvalue weighted by atomic mass is 16.5. The van der Waals surface area contributed by atoms with Gasteiger partial charge in [0.25, 0.3) is 5.91 Å². The van der Waals surface area contributed by atoms with Crippen molar-refractivity contribution in [1.82, 2.24) is 4.90 Å². The molecule has 1 amide bonds. The summed E-state index contributed by atoms with van der Waals surface area (Å²) in [5, 5.41) is 0.489. The van der Waals surface area contributed by atoms with Crippen molar-refractivity contribution >= 4 is 16.9 Å². The van der Waals surface area contributed by atoms with Gasteiger partial charge >= 0.3 is 0 Å². The molecule has 0 saturated heterocycles. The minimum absolute atomic E-state index is 0.141. The van der Waals surface area contributed by atoms with Gasteiger partial charge in [-0.05, 0) is 43.7 Å². The van der Waals surface area contributed by atoms with Crippen LogP contribution in [0.2, 0.25) is 0 Å². The van der Waals surface area contributed by atoms with Crippen molar-refractivity contribution in [3.05, 3.63) is 75.6 Å². The van der Waals surface area contributed by atoms with E-state index in [9.17, 15) is 9.59 Å². The standard InChI is InChI=1S/C21H19NO4/c1-3-22-18(13-8-7-9-14(12-13)25-4-2)17-19(23)15-10-5-6-11-16(15)26-20(17)21(22)24/h5-12,18H,3-4H2,1-2H3. The Bertz CT molecular complexity index is 1050. The molecular weight excluding hydrogens is 330 g/mol. The van der Waals surface area contributed by atoms with E-state index in [-0.39, 0.29) is 17.1 Å². The molecule has 1 atom stereocenters. The molecule has 4 rings (SSSR count). The smallest absolute Gasteiger partial charge is 0.290 e. The lowest BCUT2D eigenvalue weighted by molar-refractivity contribution is 0.0737. The molecule has 0 radical (unpaired) electrons. The molecule has 0 N–H and O–H groups in total. The van der Waals surface area contributed by atoms with Gasteiger partial charge in [-0.2, -0.15) is 0 Å². The minimum Gasteiger partial charge on any atom is -0.494 e. The number of hydrogen-bond donors (Lipinski definition) is 0. The number of nitrogens with zero attached hydrogens (tertiary/aromatic N) is 1. The number of hydrogen-bond acceptors (Lipinski definition) is 4. The van der Waals surface area contributed by atoms with E-state index in [2.05, 4.69) is 0 Å². The quantitative estimate of drug-likeness (QED) is 0.720. The summed E-state index contributed by atoms with van der Waals surface area (Å²) in [6, 6.07) is 14.1. The lowest BCUT2D eigenvalue weighted by Crippen LogP contribution is -2.29. The van der Waals surface area contributed by atoms with E-state index in [0.29, 0.717) is 35.4 Å². The van der Waals surface area contributed by atoms with Gasteiger partial charge in [-0.3, -0.25) is 9.59 Å². The molecule has 26 heavy (non-hydrogen) atoms. The monoisotopic (exact) mass is 349 g/mol. The van der Waals surface area contributed by atoms with Crippen LogP contribution in [0.4, 0.5) is 0 Å². The molecule has 0 fully saturated rings. The normalized spacial score (nSPS) is 16.2. The number of rotatable bonds is 4. The molecular formula is C21H19NO4. The number of para-hydroxylation sites is 1. The van der Waals surface area contributed by atoms with Crippen molar-refractivity contribution in [2.24, 2.45) is 0 Å². The number of benzene rings is 2. The molecule has 132 valence electrons. The average Bonchev–Trinajstić information content (AvgIpc) is 2.95. The summed E-state index contributed by atoms with van der Waals surface area (Å²) in [5.74, 6) is 0.603. The third-order valence-electron chi connectivity index (χ3n) is 4.70. The van der Waals surface area contributed by atoms with Crippen molar-refractivity contribution in [1.29, 1.82) is 0 Å². The van der Waals surface area contributed by atoms with Gasteiger partial charge in [0.2, 0.25) is 5.76 Å². The largest absolute Gasteiger partial charge is 0.494 e. The van der Waals surface area contributed by atoms with Crippen molar-refractivity contribution < 1.29 is 13.9 Å². The van der Waals surface area contributed by atoms with Gasteiger partial charge in [-0.1, -0.05) is 24.3 Å². The number of carbonyl (C=O) groups excluding carboxylic acids is 1. The fourth-order valence-corrected chi connectivity index (χ4v) is 3.58. The van der Waals surface area contributed by atoms with Crippen LogP contribution in [-0.2, 0) is 0 Å². The van der Waals surface area contributed by atoms with Gasteiger partial charge < -0.3 is 14.1 Å². The van der Waals surface area contributed by atoms with Gasteiger partial charge in [0.15, 0.2) is 5.43 Å². The molecule has 2 heterocycles. The first kappa shape index (κ1) is 16.4. The summed E-state index contributed by atoms with van der Waals surface area (Å²) in [4.78, 5) is 27.7. The summed E-state index contributed by atoms with van der Waals surface area (Å²) in [5.41, 5.74) is 1.53. The molecule has 5 heteroatoms. The van der Waals surface area contributed by atoms with E-state index in [4.69, 9.17) is 9.15 Å². The Morgan fingerprint density at radius 3 is 2.65 bits per heavy atom. The van der Waals surface area contributed by atoms with Gasteiger partial charge in [0, 0.05) is 6.54 Å². The second-order valence-electron chi connectivity index (χ2n) is 6.17. The SMILES string of the molecule is CCOc1cccc(C2c3c(oc4ccccc4c3=O)C(=O)N2CC)c1. The maximum absolute atomic E-state index is 13.2. The van der Waals surface area contributed by atoms with Crippen LogP contribution in [0.15, 0.2) is 57.7 Å². The number of carbonyl (C=O) groups is 1.